The molecular formula is C12H17ClN2O. The molecule has 1 aromatic rings. The summed E-state index contributed by atoms with van der Waals surface area (Å²) in [6.07, 6.45) is 1.09. The molecule has 1 aliphatic rings. The van der Waals surface area contributed by atoms with E-state index in [1.807, 2.05) is 24.3 Å². The molecule has 0 saturated carbocycles. The van der Waals surface area contributed by atoms with Crippen molar-refractivity contribution >= 4 is 17.3 Å². The lowest BCUT2D eigenvalue weighted by Gasteiger charge is -2.30. The Labute approximate surface area is 101 Å². The van der Waals surface area contributed by atoms with Crippen LogP contribution < -0.4 is 10.2 Å². The van der Waals surface area contributed by atoms with Crippen molar-refractivity contribution in [3.05, 3.63) is 29.3 Å². The molecule has 88 valence electrons. The maximum absolute atomic E-state index is 9.40. The van der Waals surface area contributed by atoms with Crippen LogP contribution in [0.1, 0.15) is 6.42 Å². The molecule has 2 rings (SSSR count). The van der Waals surface area contributed by atoms with Gasteiger partial charge in [0.2, 0.25) is 0 Å². The maximum Gasteiger partial charge on any atom is 0.0647 e. The smallest absolute Gasteiger partial charge is 0.0647 e. The summed E-state index contributed by atoms with van der Waals surface area (Å²) in [5.41, 5.74) is 1.09. The normalized spacial score (nSPS) is 21.9. The van der Waals surface area contributed by atoms with Crippen LogP contribution in [0.25, 0.3) is 0 Å². The van der Waals surface area contributed by atoms with E-state index in [-0.39, 0.29) is 12.6 Å². The molecule has 0 bridgehead atoms. The van der Waals surface area contributed by atoms with E-state index in [0.717, 1.165) is 36.8 Å². The highest BCUT2D eigenvalue weighted by Crippen LogP contribution is 2.22. The predicted octanol–water partition coefficient (Wildman–Crippen LogP) is 1.50. The summed E-state index contributed by atoms with van der Waals surface area (Å²) in [5.74, 6) is 0. The van der Waals surface area contributed by atoms with Gasteiger partial charge in [-0.2, -0.15) is 0 Å². The molecule has 0 spiro atoms. The van der Waals surface area contributed by atoms with Crippen LogP contribution in [0.2, 0.25) is 5.02 Å². The zero-order chi connectivity index (χ0) is 11.4. The number of hydrogen-bond donors (Lipinski definition) is 2. The lowest BCUT2D eigenvalue weighted by atomic mass is 10.2. The first kappa shape index (κ1) is 11.7. The van der Waals surface area contributed by atoms with Crippen LogP contribution >= 0.6 is 11.6 Å². The Balaban J connectivity index is 2.21. The van der Waals surface area contributed by atoms with Crippen LogP contribution in [0.4, 0.5) is 5.69 Å². The van der Waals surface area contributed by atoms with Gasteiger partial charge in [0, 0.05) is 23.8 Å². The lowest BCUT2D eigenvalue weighted by molar-refractivity contribution is 0.260. The number of anilines is 1. The molecule has 2 N–H and O–H groups in total. The fourth-order valence-electron chi connectivity index (χ4n) is 2.09. The van der Waals surface area contributed by atoms with Gasteiger partial charge in [-0.15, -0.1) is 0 Å². The summed E-state index contributed by atoms with van der Waals surface area (Å²) in [6, 6.07) is 7.95. The highest BCUT2D eigenvalue weighted by molar-refractivity contribution is 6.30. The fraction of sp³-hybridized carbons (Fsp3) is 0.500. The molecule has 0 aromatic heterocycles. The average Bonchev–Trinajstić information content (AvgIpc) is 2.53. The molecule has 0 radical (unpaired) electrons. The molecule has 0 amide bonds. The molecule has 0 aliphatic carbocycles. The van der Waals surface area contributed by atoms with Crippen LogP contribution in [0.5, 0.6) is 0 Å². The Kier molecular flexibility index (Phi) is 4.04. The summed E-state index contributed by atoms with van der Waals surface area (Å²) in [4.78, 5) is 2.23. The largest absolute Gasteiger partial charge is 0.394 e. The van der Waals surface area contributed by atoms with Gasteiger partial charge in [-0.25, -0.2) is 0 Å². The van der Waals surface area contributed by atoms with Crippen molar-refractivity contribution in [1.29, 1.82) is 0 Å². The SMILES string of the molecule is OCC1CNCCCN1c1cccc(Cl)c1. The molecule has 1 heterocycles. The van der Waals surface area contributed by atoms with Gasteiger partial charge in [0.15, 0.2) is 0 Å². The number of benzene rings is 1. The quantitative estimate of drug-likeness (QED) is 0.823. The van der Waals surface area contributed by atoms with Crippen molar-refractivity contribution in [1.82, 2.24) is 5.32 Å². The third-order valence-corrected chi connectivity index (χ3v) is 3.16. The van der Waals surface area contributed by atoms with Crippen LogP contribution in [0.15, 0.2) is 24.3 Å². The summed E-state index contributed by atoms with van der Waals surface area (Å²) in [6.45, 7) is 2.95. The van der Waals surface area contributed by atoms with Crippen LogP contribution in [-0.4, -0.2) is 37.4 Å². The molecule has 1 aromatic carbocycles. The van der Waals surface area contributed by atoms with Crippen LogP contribution in [-0.2, 0) is 0 Å². The molecule has 1 aliphatic heterocycles. The zero-order valence-corrected chi connectivity index (χ0v) is 9.95. The standard InChI is InChI=1S/C12H17ClN2O/c13-10-3-1-4-11(7-10)15-6-2-5-14-8-12(15)9-16/h1,3-4,7,12,14,16H,2,5-6,8-9H2. The first-order valence-corrected chi connectivity index (χ1v) is 6.03. The van der Waals surface area contributed by atoms with Crippen LogP contribution in [0.3, 0.4) is 0 Å². The first-order valence-electron chi connectivity index (χ1n) is 5.65. The van der Waals surface area contributed by atoms with Gasteiger partial charge < -0.3 is 15.3 Å². The number of halogens is 1. The highest BCUT2D eigenvalue weighted by atomic mass is 35.5. The Morgan fingerprint density at radius 3 is 3.12 bits per heavy atom. The second-order valence-electron chi connectivity index (χ2n) is 4.07. The van der Waals surface area contributed by atoms with E-state index in [0.29, 0.717) is 0 Å². The number of aliphatic hydroxyl groups excluding tert-OH is 1. The van der Waals surface area contributed by atoms with Crippen molar-refractivity contribution in [3.8, 4) is 0 Å². The third kappa shape index (κ3) is 2.67. The second kappa shape index (κ2) is 5.53. The minimum atomic E-state index is 0.140. The lowest BCUT2D eigenvalue weighted by Crippen LogP contribution is -2.42. The fourth-order valence-corrected chi connectivity index (χ4v) is 2.28. The Morgan fingerprint density at radius 2 is 2.38 bits per heavy atom. The molecular weight excluding hydrogens is 224 g/mol. The van der Waals surface area contributed by atoms with Gasteiger partial charge in [0.05, 0.1) is 12.6 Å². The van der Waals surface area contributed by atoms with E-state index < -0.39 is 0 Å². The molecule has 4 heteroatoms. The van der Waals surface area contributed by atoms with Gasteiger partial charge in [-0.3, -0.25) is 0 Å². The highest BCUT2D eigenvalue weighted by Gasteiger charge is 2.20. The van der Waals surface area contributed by atoms with E-state index >= 15 is 0 Å². The third-order valence-electron chi connectivity index (χ3n) is 2.92. The summed E-state index contributed by atoms with van der Waals surface area (Å²) in [7, 11) is 0. The number of rotatable bonds is 2. The Bertz CT molecular complexity index is 346. The first-order chi connectivity index (χ1) is 7.81. The van der Waals surface area contributed by atoms with Gasteiger partial charge in [-0.05, 0) is 31.2 Å². The predicted molar refractivity (Wildman–Crippen MR) is 67.2 cm³/mol. The number of nitrogens with one attached hydrogen (secondary N) is 1. The van der Waals surface area contributed by atoms with E-state index in [4.69, 9.17) is 11.6 Å². The van der Waals surface area contributed by atoms with E-state index in [2.05, 4.69) is 10.2 Å². The Hall–Kier alpha value is -0.770. The average molecular weight is 241 g/mol. The van der Waals surface area contributed by atoms with Crippen molar-refractivity contribution in [2.45, 2.75) is 12.5 Å². The number of aliphatic hydroxyl groups is 1. The van der Waals surface area contributed by atoms with E-state index in [1.165, 1.54) is 0 Å². The molecule has 1 unspecified atom stereocenters. The monoisotopic (exact) mass is 240 g/mol. The molecule has 1 atom stereocenters. The number of hydrogen-bond acceptors (Lipinski definition) is 3. The van der Waals surface area contributed by atoms with Gasteiger partial charge in [-0.1, -0.05) is 17.7 Å². The van der Waals surface area contributed by atoms with Gasteiger partial charge >= 0.3 is 0 Å². The molecule has 1 saturated heterocycles. The maximum atomic E-state index is 9.40. The van der Waals surface area contributed by atoms with Crippen molar-refractivity contribution < 1.29 is 5.11 Å². The summed E-state index contributed by atoms with van der Waals surface area (Å²) in [5, 5.41) is 13.5. The summed E-state index contributed by atoms with van der Waals surface area (Å²) < 4.78 is 0. The van der Waals surface area contributed by atoms with E-state index in [1.54, 1.807) is 0 Å². The summed E-state index contributed by atoms with van der Waals surface area (Å²) >= 11 is 5.99. The van der Waals surface area contributed by atoms with Crippen molar-refractivity contribution in [2.75, 3.05) is 31.1 Å². The van der Waals surface area contributed by atoms with E-state index in [9.17, 15) is 5.11 Å². The van der Waals surface area contributed by atoms with Gasteiger partial charge in [0.1, 0.15) is 0 Å². The van der Waals surface area contributed by atoms with Crippen LogP contribution in [0, 0.1) is 0 Å². The minimum absolute atomic E-state index is 0.140. The minimum Gasteiger partial charge on any atom is -0.394 e. The van der Waals surface area contributed by atoms with Gasteiger partial charge in [0.25, 0.3) is 0 Å². The molecule has 16 heavy (non-hydrogen) atoms. The second-order valence-corrected chi connectivity index (χ2v) is 4.50. The Morgan fingerprint density at radius 1 is 1.50 bits per heavy atom. The van der Waals surface area contributed by atoms with Crippen molar-refractivity contribution in [2.24, 2.45) is 0 Å². The topological polar surface area (TPSA) is 35.5 Å². The molecule has 3 nitrogen and oxygen atoms in total. The zero-order valence-electron chi connectivity index (χ0n) is 9.19. The number of nitrogens with zero attached hydrogens (tertiary/aromatic N) is 1. The molecule has 1 fully saturated rings. The van der Waals surface area contributed by atoms with Crippen molar-refractivity contribution in [3.63, 3.8) is 0 Å².